The summed E-state index contributed by atoms with van der Waals surface area (Å²) in [5.74, 6) is 0.626. The summed E-state index contributed by atoms with van der Waals surface area (Å²) < 4.78 is 1.63. The molecule has 130 valence electrons. The van der Waals surface area contributed by atoms with Gasteiger partial charge in [0.05, 0.1) is 11.4 Å². The SMILES string of the molecule is CCc1ccc(-c2nc(CSc3nnc(SCC(N)=O)s3)cs2)cc1. The standard InChI is InChI=1S/C16H16N4OS4/c1-2-10-3-5-11(6-4-10)14-18-12(7-22-14)8-23-15-19-20-16(25-15)24-9-13(17)21/h3-7H,2,8-9H2,1H3,(H2,17,21). The van der Waals surface area contributed by atoms with Crippen molar-refractivity contribution in [1.82, 2.24) is 15.2 Å². The van der Waals surface area contributed by atoms with E-state index < -0.39 is 0 Å². The largest absolute Gasteiger partial charge is 0.369 e. The van der Waals surface area contributed by atoms with Crippen molar-refractivity contribution in [3.05, 3.63) is 40.9 Å². The molecule has 0 bridgehead atoms. The number of hydrogen-bond acceptors (Lipinski definition) is 8. The van der Waals surface area contributed by atoms with Gasteiger partial charge in [0.2, 0.25) is 5.91 Å². The summed E-state index contributed by atoms with van der Waals surface area (Å²) in [6.07, 6.45) is 1.04. The Balaban J connectivity index is 1.57. The van der Waals surface area contributed by atoms with Crippen molar-refractivity contribution in [2.45, 2.75) is 27.8 Å². The van der Waals surface area contributed by atoms with Gasteiger partial charge in [-0.25, -0.2) is 4.98 Å². The zero-order valence-electron chi connectivity index (χ0n) is 13.5. The third-order valence-corrected chi connectivity index (χ3v) is 7.42. The van der Waals surface area contributed by atoms with Gasteiger partial charge >= 0.3 is 0 Å². The summed E-state index contributed by atoms with van der Waals surface area (Å²) >= 11 is 6.05. The molecule has 0 saturated heterocycles. The highest BCUT2D eigenvalue weighted by molar-refractivity contribution is 8.03. The molecule has 25 heavy (non-hydrogen) atoms. The smallest absolute Gasteiger partial charge is 0.227 e. The van der Waals surface area contributed by atoms with E-state index in [0.717, 1.165) is 37.1 Å². The molecule has 5 nitrogen and oxygen atoms in total. The second-order valence-corrected chi connectivity index (χ2v) is 9.35. The van der Waals surface area contributed by atoms with Gasteiger partial charge in [-0.3, -0.25) is 4.79 Å². The third kappa shape index (κ3) is 5.27. The Morgan fingerprint density at radius 1 is 1.16 bits per heavy atom. The number of benzene rings is 1. The van der Waals surface area contributed by atoms with Gasteiger partial charge in [0.1, 0.15) is 5.01 Å². The zero-order chi connectivity index (χ0) is 17.6. The zero-order valence-corrected chi connectivity index (χ0v) is 16.7. The van der Waals surface area contributed by atoms with E-state index in [0.29, 0.717) is 0 Å². The fourth-order valence-electron chi connectivity index (χ4n) is 1.97. The Labute approximate surface area is 162 Å². The molecule has 0 aliphatic rings. The normalized spacial score (nSPS) is 10.9. The average molecular weight is 409 g/mol. The number of thioether (sulfide) groups is 2. The van der Waals surface area contributed by atoms with Crippen molar-refractivity contribution in [3.63, 3.8) is 0 Å². The highest BCUT2D eigenvalue weighted by Crippen LogP contribution is 2.32. The molecule has 2 aromatic heterocycles. The summed E-state index contributed by atoms with van der Waals surface area (Å²) in [4.78, 5) is 15.5. The van der Waals surface area contributed by atoms with Gasteiger partial charge in [0.15, 0.2) is 8.68 Å². The monoisotopic (exact) mass is 408 g/mol. The lowest BCUT2D eigenvalue weighted by molar-refractivity contribution is -0.115. The maximum absolute atomic E-state index is 10.8. The van der Waals surface area contributed by atoms with E-state index in [4.69, 9.17) is 10.7 Å². The number of rotatable bonds is 8. The molecular formula is C16H16N4OS4. The molecule has 2 N–H and O–H groups in total. The Kier molecular flexibility index (Phi) is 6.46. The molecule has 3 rings (SSSR count). The fourth-order valence-corrected chi connectivity index (χ4v) is 5.55. The summed E-state index contributed by atoms with van der Waals surface area (Å²) in [7, 11) is 0. The number of carbonyl (C=O) groups is 1. The first kappa shape index (κ1) is 18.4. The Morgan fingerprint density at radius 2 is 1.88 bits per heavy atom. The molecule has 0 aliphatic carbocycles. The highest BCUT2D eigenvalue weighted by Gasteiger charge is 2.09. The lowest BCUT2D eigenvalue weighted by atomic mass is 10.1. The first-order valence-corrected chi connectivity index (χ1v) is 11.2. The molecule has 0 aliphatic heterocycles. The molecule has 2 heterocycles. The van der Waals surface area contributed by atoms with Crippen LogP contribution >= 0.6 is 46.2 Å². The second kappa shape index (κ2) is 8.79. The average Bonchev–Trinajstić information content (AvgIpc) is 3.27. The van der Waals surface area contributed by atoms with E-state index in [9.17, 15) is 4.79 Å². The van der Waals surface area contributed by atoms with Crippen molar-refractivity contribution in [2.24, 2.45) is 5.73 Å². The van der Waals surface area contributed by atoms with E-state index in [2.05, 4.69) is 46.8 Å². The first-order valence-electron chi connectivity index (χ1n) is 7.55. The van der Waals surface area contributed by atoms with Crippen molar-refractivity contribution in [1.29, 1.82) is 0 Å². The van der Waals surface area contributed by atoms with Gasteiger partial charge < -0.3 is 5.73 Å². The molecule has 0 radical (unpaired) electrons. The van der Waals surface area contributed by atoms with E-state index in [1.165, 1.54) is 28.7 Å². The van der Waals surface area contributed by atoms with Crippen LogP contribution in [0.5, 0.6) is 0 Å². The molecule has 0 saturated carbocycles. The Morgan fingerprint density at radius 3 is 2.56 bits per heavy atom. The molecule has 0 atom stereocenters. The van der Waals surface area contributed by atoms with Crippen molar-refractivity contribution >= 4 is 52.1 Å². The molecular weight excluding hydrogens is 392 g/mol. The molecule has 1 aromatic carbocycles. The first-order chi connectivity index (χ1) is 12.1. The van der Waals surface area contributed by atoms with Crippen LogP contribution in [-0.4, -0.2) is 26.8 Å². The molecule has 9 heteroatoms. The molecule has 0 spiro atoms. The van der Waals surface area contributed by atoms with Crippen LogP contribution in [0.1, 0.15) is 18.2 Å². The number of amides is 1. The number of hydrogen-bond donors (Lipinski definition) is 1. The number of nitrogens with zero attached hydrogens (tertiary/aromatic N) is 3. The topological polar surface area (TPSA) is 81.8 Å². The maximum Gasteiger partial charge on any atom is 0.227 e. The molecule has 0 unspecified atom stereocenters. The van der Waals surface area contributed by atoms with Crippen LogP contribution in [0.15, 0.2) is 38.3 Å². The van der Waals surface area contributed by atoms with Crippen LogP contribution in [-0.2, 0) is 17.0 Å². The van der Waals surface area contributed by atoms with Crippen molar-refractivity contribution < 1.29 is 4.79 Å². The van der Waals surface area contributed by atoms with Gasteiger partial charge in [-0.2, -0.15) is 0 Å². The van der Waals surface area contributed by atoms with E-state index >= 15 is 0 Å². The van der Waals surface area contributed by atoms with E-state index in [1.54, 1.807) is 23.1 Å². The number of thiazole rings is 1. The minimum Gasteiger partial charge on any atom is -0.369 e. The van der Waals surface area contributed by atoms with Gasteiger partial charge in [-0.1, -0.05) is 66.0 Å². The van der Waals surface area contributed by atoms with Crippen LogP contribution < -0.4 is 5.73 Å². The summed E-state index contributed by atoms with van der Waals surface area (Å²) in [5, 5.41) is 11.3. The Hall–Kier alpha value is -1.42. The maximum atomic E-state index is 10.8. The van der Waals surface area contributed by atoms with Crippen molar-refractivity contribution in [3.8, 4) is 10.6 Å². The fraction of sp³-hybridized carbons (Fsp3) is 0.250. The minimum atomic E-state index is -0.351. The summed E-state index contributed by atoms with van der Waals surface area (Å²) in [5.41, 5.74) is 8.65. The van der Waals surface area contributed by atoms with Crippen LogP contribution in [0, 0.1) is 0 Å². The van der Waals surface area contributed by atoms with Crippen LogP contribution in [0.25, 0.3) is 10.6 Å². The van der Waals surface area contributed by atoms with Gasteiger partial charge in [0, 0.05) is 16.7 Å². The third-order valence-electron chi connectivity index (χ3n) is 3.23. The number of nitrogens with two attached hydrogens (primary N) is 1. The van der Waals surface area contributed by atoms with Crippen LogP contribution in [0.2, 0.25) is 0 Å². The van der Waals surface area contributed by atoms with E-state index in [-0.39, 0.29) is 11.7 Å². The van der Waals surface area contributed by atoms with Gasteiger partial charge in [0.25, 0.3) is 0 Å². The lowest BCUT2D eigenvalue weighted by Crippen LogP contribution is -2.12. The molecule has 1 amide bonds. The number of primary amides is 1. The number of aromatic nitrogens is 3. The van der Waals surface area contributed by atoms with Gasteiger partial charge in [-0.05, 0) is 12.0 Å². The quantitative estimate of drug-likeness (QED) is 0.565. The lowest BCUT2D eigenvalue weighted by Gasteiger charge is -1.99. The number of aryl methyl sites for hydroxylation is 1. The van der Waals surface area contributed by atoms with E-state index in [1.807, 2.05) is 0 Å². The predicted molar refractivity (Wildman–Crippen MR) is 106 cm³/mol. The minimum absolute atomic E-state index is 0.228. The second-order valence-electron chi connectivity index (χ2n) is 5.07. The van der Waals surface area contributed by atoms with Crippen LogP contribution in [0.4, 0.5) is 0 Å². The Bertz CT molecular complexity index is 844. The predicted octanol–water partition coefficient (Wildman–Crippen LogP) is 4.09. The molecule has 3 aromatic rings. The summed E-state index contributed by atoms with van der Waals surface area (Å²) in [6.45, 7) is 2.15. The van der Waals surface area contributed by atoms with Gasteiger partial charge in [-0.15, -0.1) is 21.5 Å². The number of carbonyl (C=O) groups excluding carboxylic acids is 1. The van der Waals surface area contributed by atoms with Crippen molar-refractivity contribution in [2.75, 3.05) is 5.75 Å². The molecule has 0 fully saturated rings. The van der Waals surface area contributed by atoms with Crippen LogP contribution in [0.3, 0.4) is 0 Å². The summed E-state index contributed by atoms with van der Waals surface area (Å²) in [6, 6.07) is 8.55. The highest BCUT2D eigenvalue weighted by atomic mass is 32.2.